The van der Waals surface area contributed by atoms with Gasteiger partial charge in [0.25, 0.3) is 5.56 Å². The Morgan fingerprint density at radius 1 is 1.04 bits per heavy atom. The van der Waals surface area contributed by atoms with Crippen LogP contribution in [0.15, 0.2) is 71.1 Å². The number of aryl methyl sites for hydroxylation is 1. The van der Waals surface area contributed by atoms with Gasteiger partial charge < -0.3 is 18.9 Å². The van der Waals surface area contributed by atoms with Crippen molar-refractivity contribution in [2.24, 2.45) is 5.10 Å². The van der Waals surface area contributed by atoms with Crippen molar-refractivity contribution in [3.8, 4) is 28.6 Å². The summed E-state index contributed by atoms with van der Waals surface area (Å²) >= 11 is 0. The minimum Gasteiger partial charge on any atom is -0.494 e. The van der Waals surface area contributed by atoms with Crippen molar-refractivity contribution in [1.82, 2.24) is 9.66 Å². The van der Waals surface area contributed by atoms with Crippen LogP contribution >= 0.6 is 0 Å². The second-order valence-electron chi connectivity index (χ2n) is 10.8. The van der Waals surface area contributed by atoms with Gasteiger partial charge in [-0.2, -0.15) is 9.78 Å². The lowest BCUT2D eigenvalue weighted by molar-refractivity contribution is -0.147. The fourth-order valence-electron chi connectivity index (χ4n) is 5.05. The summed E-state index contributed by atoms with van der Waals surface area (Å²) in [4.78, 5) is 31.0. The average molecular weight is 612 g/mol. The smallest absolute Gasteiger partial charge is 0.346 e. The van der Waals surface area contributed by atoms with Gasteiger partial charge in [-0.15, -0.1) is 6.58 Å². The number of esters is 1. The molecule has 0 aliphatic carbocycles. The van der Waals surface area contributed by atoms with E-state index in [0.717, 1.165) is 28.0 Å². The predicted molar refractivity (Wildman–Crippen MR) is 178 cm³/mol. The number of hydrogen-bond acceptors (Lipinski definition) is 8. The van der Waals surface area contributed by atoms with Crippen LogP contribution in [0.25, 0.3) is 22.3 Å². The van der Waals surface area contributed by atoms with Crippen LogP contribution in [0, 0.1) is 6.92 Å². The third kappa shape index (κ3) is 7.25. The molecule has 0 amide bonds. The van der Waals surface area contributed by atoms with Gasteiger partial charge in [0.2, 0.25) is 0 Å². The monoisotopic (exact) mass is 611 g/mol. The zero-order valence-corrected chi connectivity index (χ0v) is 27.0. The van der Waals surface area contributed by atoms with E-state index >= 15 is 0 Å². The second kappa shape index (κ2) is 14.7. The number of hydrogen-bond donors (Lipinski definition) is 0. The quantitative estimate of drug-likeness (QED) is 0.0926. The number of ether oxygens (including phenoxy) is 4. The first-order valence-electron chi connectivity index (χ1n) is 15.1. The first kappa shape index (κ1) is 33.0. The number of carbonyl (C=O) groups excluding carboxylic acids is 1. The summed E-state index contributed by atoms with van der Waals surface area (Å²) < 4.78 is 24.0. The molecule has 0 fully saturated rings. The summed E-state index contributed by atoms with van der Waals surface area (Å²) in [5, 5.41) is 5.15. The van der Waals surface area contributed by atoms with E-state index in [9.17, 15) is 9.59 Å². The molecular formula is C36H41N3O6. The normalized spacial score (nSPS) is 12.0. The molecule has 0 saturated heterocycles. The van der Waals surface area contributed by atoms with Crippen LogP contribution in [-0.4, -0.2) is 48.3 Å². The Morgan fingerprint density at radius 2 is 1.76 bits per heavy atom. The maximum absolute atomic E-state index is 13.9. The molecule has 1 aromatic heterocycles. The summed E-state index contributed by atoms with van der Waals surface area (Å²) in [5.41, 5.74) is 4.38. The standard InChI is InChI=1S/C36H41N3O6/c1-9-14-26-18-25(19-32(44-11-3)33(26)45-24(7)36(41)42-8)21-37-39-34(38-30-16-13-12-15-27(30)35(39)40)29-20-28(22(4)5)31(43-10-2)17-23(29)6/h9,12-13,15-22,24H,1,10-11,14H2,2-8H3/t24-/m0/s1. The highest BCUT2D eigenvalue weighted by Crippen LogP contribution is 2.36. The molecule has 3 aromatic carbocycles. The molecular weight excluding hydrogens is 570 g/mol. The van der Waals surface area contributed by atoms with E-state index in [2.05, 4.69) is 20.4 Å². The number of aromatic nitrogens is 2. The van der Waals surface area contributed by atoms with E-state index in [1.807, 2.05) is 57.2 Å². The summed E-state index contributed by atoms with van der Waals surface area (Å²) in [7, 11) is 1.31. The van der Waals surface area contributed by atoms with Gasteiger partial charge in [-0.1, -0.05) is 32.1 Å². The van der Waals surface area contributed by atoms with Crippen LogP contribution in [0.1, 0.15) is 62.8 Å². The topological polar surface area (TPSA) is 101 Å². The lowest BCUT2D eigenvalue weighted by atomic mass is 9.96. The van der Waals surface area contributed by atoms with Gasteiger partial charge in [0.15, 0.2) is 23.4 Å². The molecule has 4 aromatic rings. The van der Waals surface area contributed by atoms with Crippen molar-refractivity contribution in [2.75, 3.05) is 20.3 Å². The Hall–Kier alpha value is -4.92. The van der Waals surface area contributed by atoms with Crippen molar-refractivity contribution in [3.63, 3.8) is 0 Å². The molecule has 4 rings (SSSR count). The SMILES string of the molecule is C=CCc1cc(C=Nn2c(-c3cc(C(C)C)c(OCC)cc3C)nc3ccccc3c2=O)cc(OCC)c1O[C@@H](C)C(=O)OC. The average Bonchev–Trinajstić information content (AvgIpc) is 3.02. The molecule has 45 heavy (non-hydrogen) atoms. The van der Waals surface area contributed by atoms with Crippen LogP contribution in [0.3, 0.4) is 0 Å². The highest BCUT2D eigenvalue weighted by molar-refractivity contribution is 5.84. The molecule has 0 radical (unpaired) electrons. The number of benzene rings is 3. The van der Waals surface area contributed by atoms with Crippen LogP contribution in [-0.2, 0) is 16.0 Å². The van der Waals surface area contributed by atoms with Crippen molar-refractivity contribution in [2.45, 2.75) is 60.0 Å². The van der Waals surface area contributed by atoms with Crippen LogP contribution in [0.2, 0.25) is 0 Å². The Kier molecular flexibility index (Phi) is 10.8. The van der Waals surface area contributed by atoms with E-state index in [0.29, 0.717) is 53.4 Å². The van der Waals surface area contributed by atoms with Crippen LogP contribution < -0.4 is 19.8 Å². The lowest BCUT2D eigenvalue weighted by Crippen LogP contribution is -2.25. The third-order valence-electron chi connectivity index (χ3n) is 7.24. The first-order valence-corrected chi connectivity index (χ1v) is 15.1. The molecule has 0 saturated carbocycles. The number of rotatable bonds is 13. The third-order valence-corrected chi connectivity index (χ3v) is 7.24. The van der Waals surface area contributed by atoms with E-state index in [1.54, 1.807) is 31.3 Å². The van der Waals surface area contributed by atoms with Gasteiger partial charge in [-0.05, 0) is 93.1 Å². The number of para-hydroxylation sites is 1. The van der Waals surface area contributed by atoms with Crippen LogP contribution in [0.4, 0.5) is 0 Å². The maximum Gasteiger partial charge on any atom is 0.346 e. The summed E-state index contributed by atoms with van der Waals surface area (Å²) in [5.74, 6) is 1.76. The molecule has 0 aliphatic heterocycles. The fourth-order valence-corrected chi connectivity index (χ4v) is 5.05. The number of nitrogens with zero attached hydrogens (tertiary/aromatic N) is 3. The molecule has 9 heteroatoms. The fraction of sp³-hybridized carbons (Fsp3) is 0.333. The zero-order chi connectivity index (χ0) is 32.7. The van der Waals surface area contributed by atoms with Crippen molar-refractivity contribution < 1.29 is 23.7 Å². The Labute approximate surface area is 264 Å². The van der Waals surface area contributed by atoms with E-state index < -0.39 is 12.1 Å². The van der Waals surface area contributed by atoms with E-state index in [4.69, 9.17) is 29.0 Å². The Morgan fingerprint density at radius 3 is 2.42 bits per heavy atom. The Bertz CT molecular complexity index is 1790. The van der Waals surface area contributed by atoms with Crippen molar-refractivity contribution in [1.29, 1.82) is 0 Å². The minimum atomic E-state index is -0.852. The van der Waals surface area contributed by atoms with Gasteiger partial charge in [0.05, 0.1) is 37.4 Å². The minimum absolute atomic E-state index is 0.179. The van der Waals surface area contributed by atoms with E-state index in [1.165, 1.54) is 11.8 Å². The molecule has 0 aliphatic rings. The molecule has 1 heterocycles. The molecule has 236 valence electrons. The van der Waals surface area contributed by atoms with Crippen molar-refractivity contribution >= 4 is 23.1 Å². The largest absolute Gasteiger partial charge is 0.494 e. The molecule has 0 N–H and O–H groups in total. The van der Waals surface area contributed by atoms with Gasteiger partial charge >= 0.3 is 5.97 Å². The lowest BCUT2D eigenvalue weighted by Gasteiger charge is -2.19. The second-order valence-corrected chi connectivity index (χ2v) is 10.8. The van der Waals surface area contributed by atoms with Gasteiger partial charge in [-0.25, -0.2) is 9.78 Å². The van der Waals surface area contributed by atoms with E-state index in [-0.39, 0.29) is 11.5 Å². The van der Waals surface area contributed by atoms with Crippen LogP contribution in [0.5, 0.6) is 17.2 Å². The maximum atomic E-state index is 13.9. The first-order chi connectivity index (χ1) is 21.6. The number of allylic oxidation sites excluding steroid dienone is 1. The zero-order valence-electron chi connectivity index (χ0n) is 27.0. The van der Waals surface area contributed by atoms with Gasteiger partial charge in [0, 0.05) is 11.1 Å². The molecule has 0 spiro atoms. The highest BCUT2D eigenvalue weighted by Gasteiger charge is 2.22. The molecule has 0 bridgehead atoms. The molecule has 1 atom stereocenters. The molecule has 9 nitrogen and oxygen atoms in total. The Balaban J connectivity index is 1.92. The number of fused-ring (bicyclic) bond motifs is 1. The summed E-state index contributed by atoms with van der Waals surface area (Å²) in [6.45, 7) is 16.4. The van der Waals surface area contributed by atoms with Crippen molar-refractivity contribution in [3.05, 3.63) is 93.8 Å². The van der Waals surface area contributed by atoms with Gasteiger partial charge in [0.1, 0.15) is 5.75 Å². The summed E-state index contributed by atoms with van der Waals surface area (Å²) in [6, 6.07) is 14.9. The molecule has 0 unspecified atom stereocenters. The number of methoxy groups -OCH3 is 1. The highest BCUT2D eigenvalue weighted by atomic mass is 16.6. The summed E-state index contributed by atoms with van der Waals surface area (Å²) in [6.07, 6.45) is 2.92. The predicted octanol–water partition coefficient (Wildman–Crippen LogP) is 6.84. The number of carbonyl (C=O) groups is 1. The van der Waals surface area contributed by atoms with Gasteiger partial charge in [-0.3, -0.25) is 4.79 Å².